The molecule has 0 aliphatic carbocycles. The first-order valence-corrected chi connectivity index (χ1v) is 12.3. The van der Waals surface area contributed by atoms with Crippen molar-refractivity contribution < 1.29 is 19.0 Å². The van der Waals surface area contributed by atoms with E-state index in [1.807, 2.05) is 6.07 Å². The van der Waals surface area contributed by atoms with Gasteiger partial charge in [0, 0.05) is 44.5 Å². The molecule has 0 saturated carbocycles. The van der Waals surface area contributed by atoms with Gasteiger partial charge < -0.3 is 24.0 Å². The normalized spacial score (nSPS) is 21.1. The lowest BCUT2D eigenvalue weighted by molar-refractivity contribution is -0.141. The number of carbonyl (C=O) groups is 1. The molecule has 0 spiro atoms. The average molecular weight is 488 g/mol. The van der Waals surface area contributed by atoms with E-state index in [2.05, 4.69) is 39.0 Å². The number of pyridine rings is 1. The largest absolute Gasteiger partial charge is 0.481 e. The van der Waals surface area contributed by atoms with Gasteiger partial charge in [0.05, 0.1) is 43.7 Å². The molecule has 34 heavy (non-hydrogen) atoms. The minimum Gasteiger partial charge on any atom is -0.481 e. The molecule has 2 saturated heterocycles. The van der Waals surface area contributed by atoms with E-state index >= 15 is 0 Å². The molecule has 8 heteroatoms. The summed E-state index contributed by atoms with van der Waals surface area (Å²) in [5, 5.41) is 0.665. The third kappa shape index (κ3) is 5.76. The van der Waals surface area contributed by atoms with E-state index in [9.17, 15) is 4.79 Å². The first-order chi connectivity index (χ1) is 16.5. The Morgan fingerprint density at radius 2 is 1.88 bits per heavy atom. The molecule has 2 fully saturated rings. The van der Waals surface area contributed by atoms with Gasteiger partial charge in [-0.15, -0.1) is 0 Å². The number of halogens is 1. The Balaban J connectivity index is 1.34. The molecule has 0 bridgehead atoms. The van der Waals surface area contributed by atoms with Crippen LogP contribution in [0.4, 0.5) is 11.4 Å². The number of carbonyl (C=O) groups excluding carboxylic acids is 1. The first-order valence-electron chi connectivity index (χ1n) is 11.9. The van der Waals surface area contributed by atoms with Crippen LogP contribution in [0.15, 0.2) is 36.5 Å². The summed E-state index contributed by atoms with van der Waals surface area (Å²) in [5.41, 5.74) is 3.48. The van der Waals surface area contributed by atoms with Crippen molar-refractivity contribution in [1.82, 2.24) is 4.98 Å². The van der Waals surface area contributed by atoms with Crippen LogP contribution in [0.25, 0.3) is 0 Å². The predicted molar refractivity (Wildman–Crippen MR) is 134 cm³/mol. The molecule has 0 N–H and O–H groups in total. The third-order valence-corrected chi connectivity index (χ3v) is 7.40. The molecule has 184 valence electrons. The highest BCUT2D eigenvalue weighted by Crippen LogP contribution is 2.33. The number of methoxy groups -OCH3 is 3. The van der Waals surface area contributed by atoms with E-state index in [0.717, 1.165) is 56.7 Å². The lowest BCUT2D eigenvalue weighted by Crippen LogP contribution is -2.34. The second-order valence-electron chi connectivity index (χ2n) is 9.16. The molecule has 2 aliphatic heterocycles. The Labute approximate surface area is 206 Å². The molecule has 3 heterocycles. The summed E-state index contributed by atoms with van der Waals surface area (Å²) in [7, 11) is 4.80. The number of piperidine rings is 1. The molecule has 2 atom stereocenters. The number of aromatic nitrogens is 1. The summed E-state index contributed by atoms with van der Waals surface area (Å²) in [5.74, 6) is 1.05. The number of hydrogen-bond acceptors (Lipinski definition) is 7. The fourth-order valence-electron chi connectivity index (χ4n) is 5.13. The van der Waals surface area contributed by atoms with Crippen molar-refractivity contribution in [1.29, 1.82) is 0 Å². The second kappa shape index (κ2) is 11.3. The van der Waals surface area contributed by atoms with Crippen LogP contribution >= 0.6 is 11.6 Å². The van der Waals surface area contributed by atoms with Crippen molar-refractivity contribution in [2.45, 2.75) is 44.2 Å². The number of rotatable bonds is 8. The summed E-state index contributed by atoms with van der Waals surface area (Å²) >= 11 is 6.39. The highest BCUT2D eigenvalue weighted by molar-refractivity contribution is 6.33. The molecule has 0 amide bonds. The van der Waals surface area contributed by atoms with E-state index in [0.29, 0.717) is 23.2 Å². The van der Waals surface area contributed by atoms with Crippen molar-refractivity contribution in [3.05, 3.63) is 47.1 Å². The number of hydrogen-bond donors (Lipinski definition) is 0. The van der Waals surface area contributed by atoms with E-state index in [1.54, 1.807) is 20.4 Å². The van der Waals surface area contributed by atoms with Crippen molar-refractivity contribution in [3.63, 3.8) is 0 Å². The van der Waals surface area contributed by atoms with Crippen LogP contribution in [0, 0.1) is 5.92 Å². The minimum atomic E-state index is -0.179. The van der Waals surface area contributed by atoms with Crippen LogP contribution in [0.2, 0.25) is 5.02 Å². The Morgan fingerprint density at radius 1 is 1.15 bits per heavy atom. The van der Waals surface area contributed by atoms with Crippen LogP contribution in [0.1, 0.15) is 31.2 Å². The molecule has 2 aliphatic rings. The van der Waals surface area contributed by atoms with Gasteiger partial charge in [-0.05, 0) is 49.3 Å². The number of benzene rings is 1. The first kappa shape index (κ1) is 24.6. The Hall–Kier alpha value is -2.51. The topological polar surface area (TPSA) is 64.1 Å². The quantitative estimate of drug-likeness (QED) is 0.512. The SMILES string of the molecule is COC(=O)C[C@H]1C[C@@H](OC)CN1c1ccc(CC2CCN(c3cc(OC)ncc3Cl)CC2)cc1. The van der Waals surface area contributed by atoms with Gasteiger partial charge in [-0.1, -0.05) is 23.7 Å². The van der Waals surface area contributed by atoms with E-state index in [1.165, 1.54) is 12.7 Å². The summed E-state index contributed by atoms with van der Waals surface area (Å²) in [6.45, 7) is 2.73. The summed E-state index contributed by atoms with van der Waals surface area (Å²) in [6.07, 6.45) is 6.30. The number of anilines is 2. The van der Waals surface area contributed by atoms with E-state index in [4.69, 9.17) is 25.8 Å². The minimum absolute atomic E-state index is 0.103. The lowest BCUT2D eigenvalue weighted by atomic mass is 9.90. The monoisotopic (exact) mass is 487 g/mol. The summed E-state index contributed by atoms with van der Waals surface area (Å²) in [4.78, 5) is 20.7. The molecule has 4 rings (SSSR count). The molecule has 1 aromatic heterocycles. The lowest BCUT2D eigenvalue weighted by Gasteiger charge is -2.34. The van der Waals surface area contributed by atoms with Crippen LogP contribution in [-0.4, -0.2) is 64.1 Å². The number of nitrogens with zero attached hydrogens (tertiary/aromatic N) is 3. The van der Waals surface area contributed by atoms with Crippen molar-refractivity contribution in [3.8, 4) is 5.88 Å². The highest BCUT2D eigenvalue weighted by atomic mass is 35.5. The zero-order chi connectivity index (χ0) is 24.1. The number of esters is 1. The van der Waals surface area contributed by atoms with Gasteiger partial charge in [0.2, 0.25) is 5.88 Å². The Kier molecular flexibility index (Phi) is 8.16. The fourth-order valence-corrected chi connectivity index (χ4v) is 5.35. The van der Waals surface area contributed by atoms with Gasteiger partial charge in [0.15, 0.2) is 0 Å². The second-order valence-corrected chi connectivity index (χ2v) is 9.57. The number of ether oxygens (including phenoxy) is 3. The molecular formula is C26H34ClN3O4. The zero-order valence-electron chi connectivity index (χ0n) is 20.2. The zero-order valence-corrected chi connectivity index (χ0v) is 21.0. The van der Waals surface area contributed by atoms with Crippen LogP contribution in [-0.2, 0) is 20.7 Å². The fraction of sp³-hybridized carbons (Fsp3) is 0.538. The van der Waals surface area contributed by atoms with Gasteiger partial charge in [-0.25, -0.2) is 4.98 Å². The van der Waals surface area contributed by atoms with E-state index in [-0.39, 0.29) is 18.1 Å². The van der Waals surface area contributed by atoms with Crippen LogP contribution in [0.5, 0.6) is 5.88 Å². The van der Waals surface area contributed by atoms with Crippen LogP contribution in [0.3, 0.4) is 0 Å². The molecule has 0 unspecified atom stereocenters. The van der Waals surface area contributed by atoms with Gasteiger partial charge >= 0.3 is 5.97 Å². The molecule has 2 aromatic rings. The van der Waals surface area contributed by atoms with Crippen LogP contribution < -0.4 is 14.5 Å². The van der Waals surface area contributed by atoms with Crippen molar-refractivity contribution in [2.75, 3.05) is 50.8 Å². The molecule has 0 radical (unpaired) electrons. The predicted octanol–water partition coefficient (Wildman–Crippen LogP) is 4.36. The molecular weight excluding hydrogens is 454 g/mol. The average Bonchev–Trinajstić information content (AvgIpc) is 3.28. The molecule has 7 nitrogen and oxygen atoms in total. The smallest absolute Gasteiger partial charge is 0.307 e. The van der Waals surface area contributed by atoms with Gasteiger partial charge in [0.1, 0.15) is 0 Å². The summed E-state index contributed by atoms with van der Waals surface area (Å²) < 4.78 is 15.7. The van der Waals surface area contributed by atoms with Crippen molar-refractivity contribution in [2.24, 2.45) is 5.92 Å². The maximum atomic E-state index is 11.9. The Morgan fingerprint density at radius 3 is 2.53 bits per heavy atom. The Bertz CT molecular complexity index is 963. The van der Waals surface area contributed by atoms with E-state index < -0.39 is 0 Å². The maximum absolute atomic E-state index is 11.9. The summed E-state index contributed by atoms with van der Waals surface area (Å²) in [6, 6.07) is 10.8. The van der Waals surface area contributed by atoms with Gasteiger partial charge in [-0.2, -0.15) is 0 Å². The third-order valence-electron chi connectivity index (χ3n) is 7.11. The van der Waals surface area contributed by atoms with Gasteiger partial charge in [0.25, 0.3) is 0 Å². The van der Waals surface area contributed by atoms with Gasteiger partial charge in [-0.3, -0.25) is 4.79 Å². The standard InChI is InChI=1S/C26H34ClN3O4/c1-32-22-13-21(14-26(31)34-3)30(17-22)20-6-4-18(5-7-20)12-19-8-10-29(11-9-19)24-15-25(33-2)28-16-23(24)27/h4-7,15-16,19,21-22H,8-14,17H2,1-3H3/t21-,22-/m1/s1. The molecule has 1 aromatic carbocycles. The maximum Gasteiger partial charge on any atom is 0.307 e. The van der Waals surface area contributed by atoms with Crippen molar-refractivity contribution >= 4 is 28.9 Å². The highest BCUT2D eigenvalue weighted by Gasteiger charge is 2.34.